The summed E-state index contributed by atoms with van der Waals surface area (Å²) in [5, 5.41) is 2.57. The van der Waals surface area contributed by atoms with E-state index in [2.05, 4.69) is 4.98 Å². The molecule has 0 radical (unpaired) electrons. The minimum Gasteiger partial charge on any atom is -0.291 e. The average molecular weight is 254 g/mol. The number of benzene rings is 2. The van der Waals surface area contributed by atoms with Gasteiger partial charge in [-0.05, 0) is 36.8 Å². The first-order valence-electron chi connectivity index (χ1n) is 6.25. The number of rotatable bonds is 1. The summed E-state index contributed by atoms with van der Waals surface area (Å²) in [6, 6.07) is 11.5. The zero-order valence-electron chi connectivity index (χ0n) is 10.8. The van der Waals surface area contributed by atoms with E-state index in [1.165, 1.54) is 0 Å². The fourth-order valence-electron chi connectivity index (χ4n) is 2.46. The maximum absolute atomic E-state index is 11.9. The molecule has 0 saturated carbocycles. The van der Waals surface area contributed by atoms with Gasteiger partial charge in [-0.25, -0.2) is 4.79 Å². The molecule has 3 aromatic rings. The molecular formula is C15H14N2O2. The highest BCUT2D eigenvalue weighted by molar-refractivity contribution is 5.96. The van der Waals surface area contributed by atoms with Gasteiger partial charge < -0.3 is 0 Å². The van der Waals surface area contributed by atoms with Crippen molar-refractivity contribution in [1.29, 1.82) is 0 Å². The first-order chi connectivity index (χ1) is 9.08. The molecule has 0 aliphatic heterocycles. The Kier molecular flexibility index (Phi) is 2.52. The second kappa shape index (κ2) is 4.09. The lowest BCUT2D eigenvalue weighted by Gasteiger charge is -2.13. The van der Waals surface area contributed by atoms with E-state index >= 15 is 0 Å². The van der Waals surface area contributed by atoms with Gasteiger partial charge in [0.05, 0.1) is 10.9 Å². The van der Waals surface area contributed by atoms with E-state index in [1.807, 2.05) is 50.2 Å². The van der Waals surface area contributed by atoms with Crippen molar-refractivity contribution >= 4 is 21.7 Å². The molecule has 2 aromatic carbocycles. The van der Waals surface area contributed by atoms with Crippen LogP contribution in [-0.4, -0.2) is 9.55 Å². The molecule has 19 heavy (non-hydrogen) atoms. The van der Waals surface area contributed by atoms with Crippen LogP contribution in [0.3, 0.4) is 0 Å². The molecule has 0 bridgehead atoms. The van der Waals surface area contributed by atoms with Crippen LogP contribution in [0.15, 0.2) is 46.0 Å². The molecule has 0 fully saturated rings. The maximum atomic E-state index is 11.9. The number of nitrogens with one attached hydrogen (secondary N) is 1. The number of H-pyrrole nitrogens is 1. The van der Waals surface area contributed by atoms with Gasteiger partial charge in [-0.3, -0.25) is 14.3 Å². The van der Waals surface area contributed by atoms with Gasteiger partial charge in [0.15, 0.2) is 0 Å². The van der Waals surface area contributed by atoms with Crippen molar-refractivity contribution in [2.24, 2.45) is 0 Å². The zero-order chi connectivity index (χ0) is 13.6. The Bertz CT molecular complexity index is 888. The van der Waals surface area contributed by atoms with Crippen LogP contribution in [0.1, 0.15) is 19.9 Å². The van der Waals surface area contributed by atoms with E-state index in [0.717, 1.165) is 10.8 Å². The van der Waals surface area contributed by atoms with Crippen LogP contribution in [0.25, 0.3) is 21.7 Å². The standard InChI is InChI=1S/C15H14N2O2/c1-9(2)17-13-8-11-6-4-3-5-10(11)7-12(13)14(18)16-15(17)19/h3-9H,1-2H3,(H,16,18,19). The normalized spacial score (nSPS) is 11.5. The van der Waals surface area contributed by atoms with Crippen molar-refractivity contribution in [3.63, 3.8) is 0 Å². The topological polar surface area (TPSA) is 54.9 Å². The molecule has 0 spiro atoms. The molecule has 1 heterocycles. The molecule has 0 aliphatic rings. The van der Waals surface area contributed by atoms with Gasteiger partial charge in [-0.1, -0.05) is 24.3 Å². The number of aromatic amines is 1. The minimum absolute atomic E-state index is 0.00647. The quantitative estimate of drug-likeness (QED) is 0.678. The van der Waals surface area contributed by atoms with E-state index in [-0.39, 0.29) is 17.3 Å². The number of fused-ring (bicyclic) bond motifs is 2. The number of nitrogens with zero attached hydrogens (tertiary/aromatic N) is 1. The molecular weight excluding hydrogens is 240 g/mol. The zero-order valence-corrected chi connectivity index (χ0v) is 10.8. The average Bonchev–Trinajstić information content (AvgIpc) is 2.36. The van der Waals surface area contributed by atoms with Crippen molar-refractivity contribution < 1.29 is 0 Å². The Labute approximate surface area is 109 Å². The Morgan fingerprint density at radius 3 is 2.32 bits per heavy atom. The van der Waals surface area contributed by atoms with Gasteiger partial charge >= 0.3 is 5.69 Å². The first kappa shape index (κ1) is 11.7. The lowest BCUT2D eigenvalue weighted by Crippen LogP contribution is -2.31. The highest BCUT2D eigenvalue weighted by Crippen LogP contribution is 2.21. The number of hydrogen-bond acceptors (Lipinski definition) is 2. The van der Waals surface area contributed by atoms with E-state index in [9.17, 15) is 9.59 Å². The van der Waals surface area contributed by atoms with Crippen LogP contribution < -0.4 is 11.2 Å². The van der Waals surface area contributed by atoms with Crippen molar-refractivity contribution in [3.8, 4) is 0 Å². The predicted molar refractivity (Wildman–Crippen MR) is 76.7 cm³/mol. The van der Waals surface area contributed by atoms with Crippen molar-refractivity contribution in [3.05, 3.63) is 57.2 Å². The van der Waals surface area contributed by atoms with Gasteiger partial charge in [-0.2, -0.15) is 0 Å². The second-order valence-corrected chi connectivity index (χ2v) is 4.94. The Morgan fingerprint density at radius 2 is 1.68 bits per heavy atom. The van der Waals surface area contributed by atoms with E-state index in [4.69, 9.17) is 0 Å². The molecule has 0 atom stereocenters. The summed E-state index contributed by atoms with van der Waals surface area (Å²) in [6.45, 7) is 3.85. The maximum Gasteiger partial charge on any atom is 0.329 e. The van der Waals surface area contributed by atoms with Gasteiger partial charge in [0.2, 0.25) is 0 Å². The van der Waals surface area contributed by atoms with Crippen LogP contribution >= 0.6 is 0 Å². The molecule has 3 rings (SSSR count). The molecule has 1 aromatic heterocycles. The van der Waals surface area contributed by atoms with Crippen LogP contribution in [0, 0.1) is 0 Å². The summed E-state index contributed by atoms with van der Waals surface area (Å²) in [6.07, 6.45) is 0. The van der Waals surface area contributed by atoms with Crippen LogP contribution in [-0.2, 0) is 0 Å². The summed E-state index contributed by atoms with van der Waals surface area (Å²) in [5.41, 5.74) is -0.00659. The smallest absolute Gasteiger partial charge is 0.291 e. The summed E-state index contributed by atoms with van der Waals surface area (Å²) in [7, 11) is 0. The molecule has 0 amide bonds. The van der Waals surface area contributed by atoms with Crippen molar-refractivity contribution in [2.75, 3.05) is 0 Å². The Hall–Kier alpha value is -2.36. The highest BCUT2D eigenvalue weighted by atomic mass is 16.2. The number of hydrogen-bond donors (Lipinski definition) is 1. The molecule has 96 valence electrons. The lowest BCUT2D eigenvalue weighted by molar-refractivity contribution is 0.585. The highest BCUT2D eigenvalue weighted by Gasteiger charge is 2.10. The van der Waals surface area contributed by atoms with Gasteiger partial charge in [0.25, 0.3) is 5.56 Å². The van der Waals surface area contributed by atoms with Crippen LogP contribution in [0.5, 0.6) is 0 Å². The summed E-state index contributed by atoms with van der Waals surface area (Å²) >= 11 is 0. The largest absolute Gasteiger partial charge is 0.329 e. The van der Waals surface area contributed by atoms with Gasteiger partial charge in [0.1, 0.15) is 0 Å². The third-order valence-electron chi connectivity index (χ3n) is 3.32. The predicted octanol–water partition coefficient (Wildman–Crippen LogP) is 2.42. The SMILES string of the molecule is CC(C)n1c(=O)[nH]c(=O)c2cc3ccccc3cc21. The first-order valence-corrected chi connectivity index (χ1v) is 6.25. The minimum atomic E-state index is -0.359. The summed E-state index contributed by atoms with van der Waals surface area (Å²) in [5.74, 6) is 0. The Morgan fingerprint density at radius 1 is 1.05 bits per heavy atom. The third kappa shape index (κ3) is 1.76. The summed E-state index contributed by atoms with van der Waals surface area (Å²) in [4.78, 5) is 26.3. The number of aromatic nitrogens is 2. The molecule has 0 saturated heterocycles. The van der Waals surface area contributed by atoms with Crippen LogP contribution in [0.2, 0.25) is 0 Å². The summed E-state index contributed by atoms with van der Waals surface area (Å²) < 4.78 is 1.61. The molecule has 4 heteroatoms. The lowest BCUT2D eigenvalue weighted by atomic mass is 10.1. The van der Waals surface area contributed by atoms with E-state index in [1.54, 1.807) is 4.57 Å². The van der Waals surface area contributed by atoms with Crippen molar-refractivity contribution in [1.82, 2.24) is 9.55 Å². The van der Waals surface area contributed by atoms with Crippen LogP contribution in [0.4, 0.5) is 0 Å². The molecule has 0 unspecified atom stereocenters. The second-order valence-electron chi connectivity index (χ2n) is 4.94. The fraction of sp³-hybridized carbons (Fsp3) is 0.200. The third-order valence-corrected chi connectivity index (χ3v) is 3.32. The fourth-order valence-corrected chi connectivity index (χ4v) is 2.46. The Balaban J connectivity index is 2.60. The van der Waals surface area contributed by atoms with Gasteiger partial charge in [-0.15, -0.1) is 0 Å². The van der Waals surface area contributed by atoms with Crippen molar-refractivity contribution in [2.45, 2.75) is 19.9 Å². The molecule has 4 nitrogen and oxygen atoms in total. The van der Waals surface area contributed by atoms with E-state index < -0.39 is 0 Å². The van der Waals surface area contributed by atoms with E-state index in [0.29, 0.717) is 10.9 Å². The molecule has 0 aliphatic carbocycles. The molecule has 1 N–H and O–H groups in total. The van der Waals surface area contributed by atoms with Gasteiger partial charge in [0, 0.05) is 6.04 Å². The monoisotopic (exact) mass is 254 g/mol.